The van der Waals surface area contributed by atoms with Gasteiger partial charge in [0, 0.05) is 24.8 Å². The van der Waals surface area contributed by atoms with E-state index in [0.29, 0.717) is 24.0 Å². The zero-order chi connectivity index (χ0) is 27.4. The van der Waals surface area contributed by atoms with Crippen molar-refractivity contribution in [1.29, 1.82) is 0 Å². The summed E-state index contributed by atoms with van der Waals surface area (Å²) in [6, 6.07) is 3.87. The molecule has 1 fully saturated rings. The number of halogens is 2. The molecule has 38 heavy (non-hydrogen) atoms. The SMILES string of the molecule is CS(=O)(=O)CCc1csc2c1S(=O)(=O)N=C(C1=C(O)C3CCCCC3N(Cc3ccc(F)c(Cl)c3)C1=O)N2. The summed E-state index contributed by atoms with van der Waals surface area (Å²) in [6.07, 6.45) is 4.03. The summed E-state index contributed by atoms with van der Waals surface area (Å²) in [5.74, 6) is -2.28. The maximum absolute atomic E-state index is 13.8. The number of sulfone groups is 1. The first-order chi connectivity index (χ1) is 17.9. The predicted molar refractivity (Wildman–Crippen MR) is 143 cm³/mol. The Hall–Kier alpha value is -2.48. The van der Waals surface area contributed by atoms with Gasteiger partial charge in [-0.15, -0.1) is 15.7 Å². The molecule has 0 saturated heterocycles. The fourth-order valence-electron chi connectivity index (χ4n) is 5.26. The lowest BCUT2D eigenvalue weighted by molar-refractivity contribution is -0.133. The minimum absolute atomic E-state index is 0.00106. The number of hydrogen-bond donors (Lipinski definition) is 2. The van der Waals surface area contributed by atoms with Crippen LogP contribution in [0.15, 0.2) is 44.2 Å². The minimum Gasteiger partial charge on any atom is -0.511 e. The molecule has 2 aliphatic heterocycles. The van der Waals surface area contributed by atoms with Crippen LogP contribution in [0, 0.1) is 11.7 Å². The summed E-state index contributed by atoms with van der Waals surface area (Å²) in [7, 11) is -7.61. The van der Waals surface area contributed by atoms with Crippen molar-refractivity contribution in [3.63, 3.8) is 0 Å². The Morgan fingerprint density at radius 2 is 2.03 bits per heavy atom. The van der Waals surface area contributed by atoms with Gasteiger partial charge in [-0.05, 0) is 47.9 Å². The van der Waals surface area contributed by atoms with Gasteiger partial charge in [-0.25, -0.2) is 12.8 Å². The van der Waals surface area contributed by atoms with E-state index in [-0.39, 0.29) is 56.8 Å². The van der Waals surface area contributed by atoms with Crippen LogP contribution in [-0.4, -0.2) is 56.6 Å². The first kappa shape index (κ1) is 27.1. The number of aryl methyl sites for hydroxylation is 1. The lowest BCUT2D eigenvalue weighted by Crippen LogP contribution is -2.52. The van der Waals surface area contributed by atoms with Crippen molar-refractivity contribution >= 4 is 59.5 Å². The van der Waals surface area contributed by atoms with Crippen molar-refractivity contribution in [3.05, 3.63) is 56.9 Å². The lowest BCUT2D eigenvalue weighted by atomic mass is 9.78. The highest BCUT2D eigenvalue weighted by molar-refractivity contribution is 7.91. The number of amides is 1. The average Bonchev–Trinajstić information content (AvgIpc) is 3.26. The Kier molecular flexibility index (Phi) is 7.08. The van der Waals surface area contributed by atoms with Gasteiger partial charge in [-0.1, -0.05) is 30.5 Å². The van der Waals surface area contributed by atoms with E-state index in [9.17, 15) is 31.1 Å². The third-order valence-electron chi connectivity index (χ3n) is 7.05. The van der Waals surface area contributed by atoms with E-state index in [4.69, 9.17) is 11.6 Å². The highest BCUT2D eigenvalue weighted by atomic mass is 35.5. The molecule has 14 heteroatoms. The number of thiophene rings is 1. The minimum atomic E-state index is -4.29. The van der Waals surface area contributed by atoms with Gasteiger partial charge < -0.3 is 15.3 Å². The number of aliphatic hydroxyl groups is 1. The smallest absolute Gasteiger partial charge is 0.287 e. The second-order valence-corrected chi connectivity index (χ2v) is 14.8. The third kappa shape index (κ3) is 5.08. The van der Waals surface area contributed by atoms with Crippen molar-refractivity contribution in [2.45, 2.75) is 49.6 Å². The van der Waals surface area contributed by atoms with Crippen molar-refractivity contribution in [1.82, 2.24) is 4.90 Å². The number of anilines is 1. The van der Waals surface area contributed by atoms with E-state index in [1.54, 1.807) is 10.3 Å². The molecule has 3 heterocycles. The van der Waals surface area contributed by atoms with Crippen LogP contribution in [0.4, 0.5) is 9.39 Å². The number of amidine groups is 1. The van der Waals surface area contributed by atoms with E-state index in [2.05, 4.69) is 9.71 Å². The standard InChI is InChI=1S/C24H25ClFN3O6S3/c1-37(32,33)9-8-14-12-36-23-21(14)38(34,35)28-22(27-23)19-20(30)15-4-2-3-5-18(15)29(24(19)31)11-13-6-7-17(26)16(25)10-13/h6-7,10,12,15,18,30H,2-5,8-9,11H2,1H3,(H,27,28). The fraction of sp³-hybridized carbons (Fsp3) is 0.417. The molecule has 3 aliphatic rings. The van der Waals surface area contributed by atoms with Gasteiger partial charge in [-0.2, -0.15) is 8.42 Å². The number of benzene rings is 1. The second kappa shape index (κ2) is 9.92. The van der Waals surface area contributed by atoms with Crippen molar-refractivity contribution in [3.8, 4) is 0 Å². The number of carbonyl (C=O) groups excluding carboxylic acids is 1. The Balaban J connectivity index is 1.52. The van der Waals surface area contributed by atoms with Gasteiger partial charge in [0.25, 0.3) is 15.9 Å². The summed E-state index contributed by atoms with van der Waals surface area (Å²) in [5.41, 5.74) is 0.694. The van der Waals surface area contributed by atoms with Crippen molar-refractivity contribution in [2.75, 3.05) is 17.3 Å². The van der Waals surface area contributed by atoms with E-state index in [0.717, 1.165) is 30.4 Å². The molecule has 1 saturated carbocycles. The Morgan fingerprint density at radius 1 is 1.29 bits per heavy atom. The van der Waals surface area contributed by atoms with Gasteiger partial charge in [0.1, 0.15) is 36.9 Å². The van der Waals surface area contributed by atoms with Crippen LogP contribution < -0.4 is 5.32 Å². The molecule has 1 aromatic heterocycles. The zero-order valence-corrected chi connectivity index (χ0v) is 23.5. The maximum atomic E-state index is 13.8. The van der Waals surface area contributed by atoms with Crippen molar-refractivity contribution in [2.24, 2.45) is 10.3 Å². The first-order valence-electron chi connectivity index (χ1n) is 11.9. The van der Waals surface area contributed by atoms with Crippen LogP contribution in [0.2, 0.25) is 5.02 Å². The van der Waals surface area contributed by atoms with Gasteiger partial charge in [0.05, 0.1) is 10.8 Å². The molecule has 1 aliphatic carbocycles. The van der Waals surface area contributed by atoms with Crippen LogP contribution in [-0.2, 0) is 37.6 Å². The highest BCUT2D eigenvalue weighted by Crippen LogP contribution is 2.42. The molecule has 2 atom stereocenters. The molecule has 5 rings (SSSR count). The summed E-state index contributed by atoms with van der Waals surface area (Å²) < 4.78 is 67.2. The molecule has 2 aromatic rings. The van der Waals surface area contributed by atoms with Gasteiger partial charge in [0.2, 0.25) is 0 Å². The maximum Gasteiger partial charge on any atom is 0.287 e. The summed E-state index contributed by atoms with van der Waals surface area (Å²) in [4.78, 5) is 15.3. The first-order valence-corrected chi connectivity index (χ1v) is 16.7. The molecule has 0 bridgehead atoms. The molecule has 204 valence electrons. The monoisotopic (exact) mass is 601 g/mol. The van der Waals surface area contributed by atoms with E-state index >= 15 is 0 Å². The Labute approximate surface area is 229 Å². The molecule has 2 N–H and O–H groups in total. The van der Waals surface area contributed by atoms with Gasteiger partial charge in [0.15, 0.2) is 5.84 Å². The number of rotatable bonds is 6. The van der Waals surface area contributed by atoms with E-state index in [1.807, 2.05) is 0 Å². The van der Waals surface area contributed by atoms with E-state index in [1.165, 1.54) is 18.2 Å². The van der Waals surface area contributed by atoms with Crippen LogP contribution in [0.25, 0.3) is 0 Å². The van der Waals surface area contributed by atoms with Gasteiger partial charge >= 0.3 is 0 Å². The summed E-state index contributed by atoms with van der Waals surface area (Å²) >= 11 is 7.01. The molecular formula is C24H25ClFN3O6S3. The number of hydrogen-bond acceptors (Lipinski definition) is 8. The molecule has 2 unspecified atom stereocenters. The molecule has 0 spiro atoms. The van der Waals surface area contributed by atoms with Crippen LogP contribution in [0.3, 0.4) is 0 Å². The van der Waals surface area contributed by atoms with E-state index < -0.39 is 37.5 Å². The summed E-state index contributed by atoms with van der Waals surface area (Å²) in [6.45, 7) is 0.0940. The number of aliphatic hydroxyl groups excluding tert-OH is 1. The molecule has 0 radical (unpaired) electrons. The highest BCUT2D eigenvalue weighted by Gasteiger charge is 2.46. The third-order valence-corrected chi connectivity index (χ3v) is 10.8. The lowest BCUT2D eigenvalue weighted by Gasteiger charge is -2.44. The molecule has 9 nitrogen and oxygen atoms in total. The molecular weight excluding hydrogens is 577 g/mol. The quantitative estimate of drug-likeness (QED) is 0.510. The number of fused-ring (bicyclic) bond motifs is 2. The van der Waals surface area contributed by atoms with Gasteiger partial charge in [-0.3, -0.25) is 4.79 Å². The predicted octanol–water partition coefficient (Wildman–Crippen LogP) is 4.05. The fourth-order valence-corrected chi connectivity index (χ4v) is 8.73. The van der Waals surface area contributed by atoms with Crippen LogP contribution in [0.5, 0.6) is 0 Å². The zero-order valence-electron chi connectivity index (χ0n) is 20.3. The largest absolute Gasteiger partial charge is 0.511 e. The number of nitrogens with zero attached hydrogens (tertiary/aromatic N) is 2. The molecule has 1 aromatic carbocycles. The van der Waals surface area contributed by atoms with Crippen LogP contribution in [0.1, 0.15) is 36.8 Å². The van der Waals surface area contributed by atoms with Crippen LogP contribution >= 0.6 is 22.9 Å². The second-order valence-electron chi connectivity index (χ2n) is 9.74. The molecule has 1 amide bonds. The normalized spacial score (nSPS) is 23.0. The number of carbonyl (C=O) groups is 1. The topological polar surface area (TPSA) is 133 Å². The Bertz CT molecular complexity index is 1600. The Morgan fingerprint density at radius 3 is 2.74 bits per heavy atom. The number of sulfonamides is 1. The van der Waals surface area contributed by atoms with Crippen molar-refractivity contribution < 1.29 is 31.1 Å². The summed E-state index contributed by atoms with van der Waals surface area (Å²) in [5, 5.41) is 15.8. The number of nitrogens with one attached hydrogen (secondary N) is 1. The average molecular weight is 602 g/mol.